The van der Waals surface area contributed by atoms with Crippen LogP contribution in [-0.2, 0) is 6.42 Å². The summed E-state index contributed by atoms with van der Waals surface area (Å²) in [5.41, 5.74) is 3.85. The summed E-state index contributed by atoms with van der Waals surface area (Å²) in [5.74, 6) is -0.143. The lowest BCUT2D eigenvalue weighted by Gasteiger charge is -2.16. The predicted octanol–water partition coefficient (Wildman–Crippen LogP) is 3.46. The van der Waals surface area contributed by atoms with Crippen molar-refractivity contribution in [3.63, 3.8) is 0 Å². The highest BCUT2D eigenvalue weighted by atomic mass is 32.2. The van der Waals surface area contributed by atoms with Crippen molar-refractivity contribution >= 4 is 45.8 Å². The number of rotatable bonds is 5. The second-order valence-corrected chi connectivity index (χ2v) is 7.36. The highest BCUT2D eigenvalue weighted by molar-refractivity contribution is 8.16. The lowest BCUT2D eigenvalue weighted by molar-refractivity contribution is 0.102. The van der Waals surface area contributed by atoms with Gasteiger partial charge in [0.15, 0.2) is 5.17 Å². The van der Waals surface area contributed by atoms with Crippen molar-refractivity contribution in [2.24, 2.45) is 4.99 Å². The van der Waals surface area contributed by atoms with Crippen LogP contribution in [0, 0.1) is 0 Å². The fourth-order valence-electron chi connectivity index (χ4n) is 2.84. The monoisotopic (exact) mass is 371 g/mol. The van der Waals surface area contributed by atoms with Gasteiger partial charge in [-0.1, -0.05) is 41.7 Å². The smallest absolute Gasteiger partial charge is 0.269 e. The highest BCUT2D eigenvalue weighted by Crippen LogP contribution is 2.35. The third-order valence-electron chi connectivity index (χ3n) is 4.06. The average Bonchev–Trinajstić information content (AvgIpc) is 3.32. The Morgan fingerprint density at radius 2 is 2.16 bits per heavy atom. The number of aliphatic imine (C=N–C) groups is 1. The van der Waals surface area contributed by atoms with Crippen molar-refractivity contribution in [3.8, 4) is 0 Å². The van der Waals surface area contributed by atoms with E-state index >= 15 is 0 Å². The molecule has 0 saturated carbocycles. The summed E-state index contributed by atoms with van der Waals surface area (Å²) in [7, 11) is 0. The Morgan fingerprint density at radius 1 is 1.32 bits per heavy atom. The molecule has 25 heavy (non-hydrogen) atoms. The zero-order valence-corrected chi connectivity index (χ0v) is 15.4. The molecular weight excluding hydrogens is 354 g/mol. The van der Waals surface area contributed by atoms with E-state index in [4.69, 9.17) is 0 Å². The van der Waals surface area contributed by atoms with Gasteiger partial charge in [0.1, 0.15) is 4.88 Å². The summed E-state index contributed by atoms with van der Waals surface area (Å²) < 4.78 is 3.90. The van der Waals surface area contributed by atoms with Gasteiger partial charge in [0, 0.05) is 17.6 Å². The molecule has 0 bridgehead atoms. The first kappa shape index (κ1) is 16.3. The molecule has 2 aliphatic heterocycles. The van der Waals surface area contributed by atoms with Gasteiger partial charge in [-0.3, -0.25) is 9.79 Å². The summed E-state index contributed by atoms with van der Waals surface area (Å²) in [5, 5.41) is 10.2. The number of hydrogen-bond donors (Lipinski definition) is 1. The SMILES string of the molecule is CCCc1nnsc1C(=O)Nc1ccc(C2=CSC3=NCCN23)cc1. The number of carbonyl (C=O) groups is 1. The summed E-state index contributed by atoms with van der Waals surface area (Å²) in [6.45, 7) is 3.86. The fraction of sp³-hybridized carbons (Fsp3) is 0.294. The maximum atomic E-state index is 12.4. The van der Waals surface area contributed by atoms with Crippen molar-refractivity contribution in [2.45, 2.75) is 19.8 Å². The molecule has 0 atom stereocenters. The topological polar surface area (TPSA) is 70.5 Å². The van der Waals surface area contributed by atoms with E-state index in [1.807, 2.05) is 24.3 Å². The number of nitrogens with one attached hydrogen (secondary N) is 1. The van der Waals surface area contributed by atoms with Gasteiger partial charge >= 0.3 is 0 Å². The number of hydrogen-bond acceptors (Lipinski definition) is 7. The molecule has 1 N–H and O–H groups in total. The van der Waals surface area contributed by atoms with E-state index in [9.17, 15) is 4.79 Å². The third-order valence-corrected chi connectivity index (χ3v) is 5.72. The normalized spacial score (nSPS) is 15.8. The number of thioether (sulfide) groups is 1. The number of carbonyl (C=O) groups excluding carboxylic acids is 1. The largest absolute Gasteiger partial charge is 0.321 e. The second-order valence-electron chi connectivity index (χ2n) is 5.77. The highest BCUT2D eigenvalue weighted by Gasteiger charge is 2.27. The summed E-state index contributed by atoms with van der Waals surface area (Å²) in [6.07, 6.45) is 1.71. The van der Waals surface area contributed by atoms with Crippen LogP contribution >= 0.6 is 23.3 Å². The third kappa shape index (κ3) is 3.19. The van der Waals surface area contributed by atoms with Crippen molar-refractivity contribution in [3.05, 3.63) is 45.8 Å². The lowest BCUT2D eigenvalue weighted by atomic mass is 10.1. The number of fused-ring (bicyclic) bond motifs is 1. The molecule has 128 valence electrons. The van der Waals surface area contributed by atoms with Crippen LogP contribution in [0.3, 0.4) is 0 Å². The van der Waals surface area contributed by atoms with Crippen LogP contribution in [0.1, 0.15) is 34.3 Å². The van der Waals surface area contributed by atoms with Gasteiger partial charge in [-0.05, 0) is 35.6 Å². The molecule has 8 heteroatoms. The molecule has 3 heterocycles. The molecule has 2 aliphatic rings. The van der Waals surface area contributed by atoms with Crippen molar-refractivity contribution in [1.82, 2.24) is 14.5 Å². The van der Waals surface area contributed by atoms with Gasteiger partial charge in [-0.2, -0.15) is 0 Å². The molecule has 0 aliphatic carbocycles. The Morgan fingerprint density at radius 3 is 2.96 bits per heavy atom. The number of benzene rings is 1. The van der Waals surface area contributed by atoms with Gasteiger partial charge in [0.25, 0.3) is 5.91 Å². The van der Waals surface area contributed by atoms with Crippen LogP contribution < -0.4 is 5.32 Å². The Kier molecular flexibility index (Phi) is 4.54. The maximum Gasteiger partial charge on any atom is 0.269 e. The van der Waals surface area contributed by atoms with E-state index in [0.717, 1.165) is 59.6 Å². The molecule has 1 amide bonds. The Hall–Kier alpha value is -2.19. The number of amidine groups is 1. The number of amides is 1. The van der Waals surface area contributed by atoms with E-state index < -0.39 is 0 Å². The van der Waals surface area contributed by atoms with Crippen LogP contribution in [0.25, 0.3) is 5.70 Å². The molecule has 0 spiro atoms. The lowest BCUT2D eigenvalue weighted by Crippen LogP contribution is -2.19. The average molecular weight is 371 g/mol. The number of aryl methyl sites for hydroxylation is 1. The molecule has 0 unspecified atom stereocenters. The van der Waals surface area contributed by atoms with E-state index in [-0.39, 0.29) is 5.91 Å². The van der Waals surface area contributed by atoms with Gasteiger partial charge < -0.3 is 10.2 Å². The summed E-state index contributed by atoms with van der Waals surface area (Å²) in [4.78, 5) is 19.7. The number of aromatic nitrogens is 2. The summed E-state index contributed by atoms with van der Waals surface area (Å²) >= 11 is 2.81. The molecular formula is C17H17N5OS2. The van der Waals surface area contributed by atoms with Crippen LogP contribution in [0.5, 0.6) is 0 Å². The van der Waals surface area contributed by atoms with Gasteiger partial charge in [-0.15, -0.1) is 5.10 Å². The molecule has 2 aromatic rings. The Labute approximate surface area is 154 Å². The zero-order valence-electron chi connectivity index (χ0n) is 13.7. The van der Waals surface area contributed by atoms with Crippen LogP contribution in [0.4, 0.5) is 5.69 Å². The quantitative estimate of drug-likeness (QED) is 0.871. The van der Waals surface area contributed by atoms with Crippen molar-refractivity contribution in [1.29, 1.82) is 0 Å². The van der Waals surface area contributed by atoms with Crippen molar-refractivity contribution < 1.29 is 4.79 Å². The van der Waals surface area contributed by atoms with Gasteiger partial charge in [0.2, 0.25) is 0 Å². The minimum Gasteiger partial charge on any atom is -0.321 e. The first-order valence-electron chi connectivity index (χ1n) is 8.18. The van der Waals surface area contributed by atoms with Crippen LogP contribution in [0.2, 0.25) is 0 Å². The van der Waals surface area contributed by atoms with Crippen LogP contribution in [0.15, 0.2) is 34.7 Å². The number of nitrogens with zero attached hydrogens (tertiary/aromatic N) is 4. The molecule has 6 nitrogen and oxygen atoms in total. The van der Waals surface area contributed by atoms with Gasteiger partial charge in [-0.25, -0.2) is 0 Å². The van der Waals surface area contributed by atoms with E-state index in [1.54, 1.807) is 11.8 Å². The maximum absolute atomic E-state index is 12.4. The Bertz CT molecular complexity index is 856. The molecule has 4 rings (SSSR count). The summed E-state index contributed by atoms with van der Waals surface area (Å²) in [6, 6.07) is 7.91. The molecule has 1 aromatic carbocycles. The second kappa shape index (κ2) is 6.97. The zero-order chi connectivity index (χ0) is 17.2. The van der Waals surface area contributed by atoms with Gasteiger partial charge in [0.05, 0.1) is 17.9 Å². The minimum atomic E-state index is -0.143. The molecule has 0 saturated heterocycles. The molecule has 1 aromatic heterocycles. The first-order valence-corrected chi connectivity index (χ1v) is 9.83. The minimum absolute atomic E-state index is 0.143. The van der Waals surface area contributed by atoms with E-state index in [1.165, 1.54) is 5.70 Å². The fourth-order valence-corrected chi connectivity index (χ4v) is 4.41. The first-order chi connectivity index (χ1) is 12.3. The van der Waals surface area contributed by atoms with Crippen LogP contribution in [-0.4, -0.2) is 38.7 Å². The standard InChI is InChI=1S/C17H17N5OS2/c1-2-3-13-15(25-21-20-13)16(23)19-12-6-4-11(5-7-12)14-10-24-17-18-8-9-22(14)17/h4-7,10H,2-3,8-9H2,1H3,(H,19,23). The van der Waals surface area contributed by atoms with Crippen molar-refractivity contribution in [2.75, 3.05) is 18.4 Å². The number of anilines is 1. The Balaban J connectivity index is 1.47. The van der Waals surface area contributed by atoms with E-state index in [0.29, 0.717) is 4.88 Å². The predicted molar refractivity (Wildman–Crippen MR) is 103 cm³/mol. The van der Waals surface area contributed by atoms with E-state index in [2.05, 4.69) is 37.1 Å². The molecule has 0 radical (unpaired) electrons. The molecule has 0 fully saturated rings.